The lowest BCUT2D eigenvalue weighted by molar-refractivity contribution is 0.242. The van der Waals surface area contributed by atoms with Crippen LogP contribution in [0.1, 0.15) is 19.3 Å². The Morgan fingerprint density at radius 3 is 2.35 bits per heavy atom. The zero-order valence-corrected chi connectivity index (χ0v) is 13.4. The summed E-state index contributed by atoms with van der Waals surface area (Å²) in [5.41, 5.74) is 1.16. The number of hydrogen-bond donors (Lipinski definition) is 1. The average Bonchev–Trinajstić information content (AvgIpc) is 2.45. The van der Waals surface area contributed by atoms with Crippen LogP contribution >= 0.6 is 24.0 Å². The highest BCUT2D eigenvalue weighted by Gasteiger charge is 2.17. The van der Waals surface area contributed by atoms with Crippen molar-refractivity contribution in [2.75, 3.05) is 44.2 Å². The lowest BCUT2D eigenvalue weighted by atomic mass is 10.2. The van der Waals surface area contributed by atoms with Gasteiger partial charge in [0, 0.05) is 32.8 Å². The van der Waals surface area contributed by atoms with Crippen LogP contribution in [0.4, 0.5) is 5.69 Å². The van der Waals surface area contributed by atoms with Crippen molar-refractivity contribution < 1.29 is 5.11 Å². The molecule has 1 aliphatic heterocycles. The molecule has 3 nitrogen and oxygen atoms in total. The number of aliphatic hydroxyl groups is 1. The van der Waals surface area contributed by atoms with E-state index in [1.807, 2.05) is 18.2 Å². The number of aliphatic hydroxyl groups excluding tert-OH is 1. The monoisotopic (exact) mass is 318 g/mol. The summed E-state index contributed by atoms with van der Waals surface area (Å²) in [6.07, 6.45) is 3.24. The van der Waals surface area contributed by atoms with Gasteiger partial charge in [-0.05, 0) is 37.9 Å². The molecule has 0 aliphatic carbocycles. The maximum Gasteiger partial charge on any atom is 0.0639 e. The van der Waals surface area contributed by atoms with Gasteiger partial charge in [0.05, 0.1) is 10.7 Å². The molecule has 1 heterocycles. The molecule has 1 N–H and O–H groups in total. The Hall–Kier alpha value is -0.480. The van der Waals surface area contributed by atoms with Gasteiger partial charge in [-0.2, -0.15) is 0 Å². The molecule has 0 bridgehead atoms. The van der Waals surface area contributed by atoms with Crippen LogP contribution in [0.25, 0.3) is 0 Å². The molecule has 1 fully saturated rings. The number of piperazine rings is 1. The van der Waals surface area contributed by atoms with E-state index in [4.69, 9.17) is 16.7 Å². The predicted molar refractivity (Wildman–Crippen MR) is 88.3 cm³/mol. The second-order valence-electron chi connectivity index (χ2n) is 5.06. The third-order valence-corrected chi connectivity index (χ3v) is 4.02. The fraction of sp³-hybridized carbons (Fsp3) is 0.600. The van der Waals surface area contributed by atoms with Crippen LogP contribution in [0.15, 0.2) is 24.3 Å². The van der Waals surface area contributed by atoms with Gasteiger partial charge in [-0.3, -0.25) is 4.90 Å². The predicted octanol–water partition coefficient (Wildman–Crippen LogP) is 3.05. The van der Waals surface area contributed by atoms with Crippen molar-refractivity contribution in [2.45, 2.75) is 19.3 Å². The van der Waals surface area contributed by atoms with Gasteiger partial charge in [0.15, 0.2) is 0 Å². The topological polar surface area (TPSA) is 26.7 Å². The first-order valence-corrected chi connectivity index (χ1v) is 7.52. The summed E-state index contributed by atoms with van der Waals surface area (Å²) >= 11 is 6.23. The number of hydrogen-bond acceptors (Lipinski definition) is 3. The fourth-order valence-electron chi connectivity index (χ4n) is 2.54. The minimum absolute atomic E-state index is 0. The maximum absolute atomic E-state index is 8.76. The third-order valence-electron chi connectivity index (χ3n) is 3.70. The molecule has 1 aliphatic rings. The summed E-state index contributed by atoms with van der Waals surface area (Å²) in [5, 5.41) is 9.60. The van der Waals surface area contributed by atoms with E-state index >= 15 is 0 Å². The first-order valence-electron chi connectivity index (χ1n) is 7.14. The molecule has 0 radical (unpaired) electrons. The van der Waals surface area contributed by atoms with Crippen LogP contribution in [0, 0.1) is 0 Å². The Balaban J connectivity index is 0.00000200. The van der Waals surface area contributed by atoms with Crippen LogP contribution in [-0.2, 0) is 0 Å². The normalized spacial score (nSPS) is 16.0. The molecular formula is C15H24Cl2N2O. The Kier molecular flexibility index (Phi) is 8.31. The molecule has 0 amide bonds. The van der Waals surface area contributed by atoms with Crippen molar-refractivity contribution in [3.8, 4) is 0 Å². The molecule has 0 aromatic heterocycles. The van der Waals surface area contributed by atoms with Crippen molar-refractivity contribution >= 4 is 29.7 Å². The highest BCUT2D eigenvalue weighted by Crippen LogP contribution is 2.25. The second kappa shape index (κ2) is 9.46. The summed E-state index contributed by atoms with van der Waals surface area (Å²) in [6, 6.07) is 8.07. The molecule has 5 heteroatoms. The van der Waals surface area contributed by atoms with Crippen molar-refractivity contribution in [2.24, 2.45) is 0 Å². The van der Waals surface area contributed by atoms with Crippen molar-refractivity contribution in [1.29, 1.82) is 0 Å². The fourth-order valence-corrected chi connectivity index (χ4v) is 2.80. The van der Waals surface area contributed by atoms with Crippen LogP contribution in [0.3, 0.4) is 0 Å². The Labute approximate surface area is 132 Å². The van der Waals surface area contributed by atoms with Gasteiger partial charge in [-0.1, -0.05) is 23.7 Å². The second-order valence-corrected chi connectivity index (χ2v) is 5.47. The van der Waals surface area contributed by atoms with Gasteiger partial charge in [-0.25, -0.2) is 0 Å². The molecule has 0 spiro atoms. The quantitative estimate of drug-likeness (QED) is 0.817. The first kappa shape index (κ1) is 17.6. The maximum atomic E-state index is 8.76. The van der Waals surface area contributed by atoms with Crippen molar-refractivity contribution in [3.63, 3.8) is 0 Å². The zero-order valence-electron chi connectivity index (χ0n) is 11.8. The van der Waals surface area contributed by atoms with Crippen LogP contribution < -0.4 is 4.90 Å². The molecule has 1 saturated heterocycles. The SMILES string of the molecule is Cl.OCCCCCN1CCN(c2ccccc2Cl)CC1. The van der Waals surface area contributed by atoms with E-state index < -0.39 is 0 Å². The molecule has 0 atom stereocenters. The Bertz CT molecular complexity index is 382. The van der Waals surface area contributed by atoms with Gasteiger partial charge in [0.1, 0.15) is 0 Å². The van der Waals surface area contributed by atoms with E-state index in [2.05, 4.69) is 15.9 Å². The van der Waals surface area contributed by atoms with E-state index in [-0.39, 0.29) is 12.4 Å². The van der Waals surface area contributed by atoms with Crippen LogP contribution in [-0.4, -0.2) is 49.3 Å². The molecule has 2 rings (SSSR count). The highest BCUT2D eigenvalue weighted by atomic mass is 35.5. The van der Waals surface area contributed by atoms with Gasteiger partial charge >= 0.3 is 0 Å². The number of anilines is 1. The Morgan fingerprint density at radius 2 is 1.70 bits per heavy atom. The summed E-state index contributed by atoms with van der Waals surface area (Å²) in [7, 11) is 0. The lowest BCUT2D eigenvalue weighted by Crippen LogP contribution is -2.46. The van der Waals surface area contributed by atoms with E-state index in [1.54, 1.807) is 0 Å². The first-order chi connectivity index (χ1) is 9.31. The van der Waals surface area contributed by atoms with Gasteiger partial charge in [0.2, 0.25) is 0 Å². The van der Waals surface area contributed by atoms with Gasteiger partial charge in [-0.15, -0.1) is 12.4 Å². The zero-order chi connectivity index (χ0) is 13.5. The lowest BCUT2D eigenvalue weighted by Gasteiger charge is -2.36. The summed E-state index contributed by atoms with van der Waals surface area (Å²) in [4.78, 5) is 4.87. The number of nitrogens with zero attached hydrogens (tertiary/aromatic N) is 2. The molecule has 20 heavy (non-hydrogen) atoms. The Morgan fingerprint density at radius 1 is 1.00 bits per heavy atom. The molecular weight excluding hydrogens is 295 g/mol. The van der Waals surface area contributed by atoms with E-state index in [0.29, 0.717) is 6.61 Å². The van der Waals surface area contributed by atoms with Crippen LogP contribution in [0.2, 0.25) is 5.02 Å². The number of unbranched alkanes of at least 4 members (excludes halogenated alkanes) is 2. The standard InChI is InChI=1S/C15H23ClN2O.ClH/c16-14-6-2-3-7-15(14)18-11-9-17(10-12-18)8-4-1-5-13-19;/h2-3,6-7,19H,1,4-5,8-13H2;1H. The third kappa shape index (κ3) is 5.13. The number of rotatable bonds is 6. The largest absolute Gasteiger partial charge is 0.396 e. The van der Waals surface area contributed by atoms with Gasteiger partial charge < -0.3 is 10.0 Å². The number of para-hydroxylation sites is 1. The number of benzene rings is 1. The summed E-state index contributed by atoms with van der Waals surface area (Å²) < 4.78 is 0. The summed E-state index contributed by atoms with van der Waals surface area (Å²) in [5.74, 6) is 0. The van der Waals surface area contributed by atoms with Crippen LogP contribution in [0.5, 0.6) is 0 Å². The number of halogens is 2. The van der Waals surface area contributed by atoms with Crippen molar-refractivity contribution in [1.82, 2.24) is 4.90 Å². The van der Waals surface area contributed by atoms with Crippen molar-refractivity contribution in [3.05, 3.63) is 29.3 Å². The molecule has 114 valence electrons. The van der Waals surface area contributed by atoms with E-state index in [0.717, 1.165) is 56.3 Å². The molecule has 1 aromatic rings. The van der Waals surface area contributed by atoms with E-state index in [1.165, 1.54) is 6.42 Å². The van der Waals surface area contributed by atoms with Gasteiger partial charge in [0.25, 0.3) is 0 Å². The molecule has 0 unspecified atom stereocenters. The molecule has 1 aromatic carbocycles. The molecule has 0 saturated carbocycles. The minimum Gasteiger partial charge on any atom is -0.396 e. The smallest absolute Gasteiger partial charge is 0.0639 e. The minimum atomic E-state index is 0. The average molecular weight is 319 g/mol. The summed E-state index contributed by atoms with van der Waals surface area (Å²) in [6.45, 7) is 5.76. The highest BCUT2D eigenvalue weighted by molar-refractivity contribution is 6.33. The van der Waals surface area contributed by atoms with E-state index in [9.17, 15) is 0 Å².